The van der Waals surface area contributed by atoms with Gasteiger partial charge in [-0.2, -0.15) is 8.61 Å². The standard InChI is InChI=1S/C53H62N10O17S4/c1-52(2)44(62(32-81-52)83(73,74)39-7-5-17-54-29-39)46(66)56-41(48(68)69)27-35-9-13-37(14-10-35)79-51(72)61-25-23-59(24-26-61)49(70)77-31-43(65)58-19-21-60(22-20-58)50(71)80-38-15-11-36(12-16-38)28-42(78-34-64)57-47(67)45-53(3,4)82-33-63(45)84(75,76)40-8-6-18-55-30-40/h5-18,29-30,34,41-42,44-45H,19-28,31-33H2,1-4H3,(H,56,66)(H,57,67)(H,68,69)/t41-,42+,44+,45+/m0/s1. The second kappa shape index (κ2) is 26.6. The van der Waals surface area contributed by atoms with Crippen LogP contribution in [0.5, 0.6) is 11.5 Å². The van der Waals surface area contributed by atoms with E-state index >= 15 is 0 Å². The summed E-state index contributed by atoms with van der Waals surface area (Å²) >= 11 is 2.52. The van der Waals surface area contributed by atoms with Gasteiger partial charge in [-0.15, -0.1) is 23.5 Å². The van der Waals surface area contributed by atoms with Gasteiger partial charge in [0.05, 0.1) is 11.8 Å². The van der Waals surface area contributed by atoms with Crippen molar-refractivity contribution in [3.05, 3.63) is 109 Å². The van der Waals surface area contributed by atoms with Crippen molar-refractivity contribution >= 4 is 92.0 Å². The van der Waals surface area contributed by atoms with Crippen LogP contribution >= 0.6 is 23.5 Å². The molecule has 84 heavy (non-hydrogen) atoms. The number of sulfonamides is 2. The number of ether oxygens (including phenoxy) is 4. The molecule has 27 nitrogen and oxygen atoms in total. The van der Waals surface area contributed by atoms with Crippen LogP contribution in [0.1, 0.15) is 38.8 Å². The Bertz CT molecular complexity index is 3300. The van der Waals surface area contributed by atoms with E-state index in [2.05, 4.69) is 20.6 Å². The quantitative estimate of drug-likeness (QED) is 0.0896. The third kappa shape index (κ3) is 14.8. The number of rotatable bonds is 19. The lowest BCUT2D eigenvalue weighted by atomic mass is 10.0. The van der Waals surface area contributed by atoms with Crippen LogP contribution in [0.15, 0.2) is 107 Å². The number of hydrogen-bond acceptors (Lipinski definition) is 20. The lowest BCUT2D eigenvalue weighted by Gasteiger charge is -2.35. The number of piperazine rings is 2. The molecule has 4 aromatic rings. The minimum Gasteiger partial charge on any atom is -0.480 e. The summed E-state index contributed by atoms with van der Waals surface area (Å²) in [7, 11) is -8.25. The Morgan fingerprint density at radius 1 is 0.619 bits per heavy atom. The minimum atomic E-state index is -4.15. The number of hydrogen-bond donors (Lipinski definition) is 3. The average molecular weight is 1240 g/mol. The molecule has 2 aromatic carbocycles. The van der Waals surface area contributed by atoms with Crippen LogP contribution in [0.3, 0.4) is 0 Å². The Labute approximate surface area is 492 Å². The first-order chi connectivity index (χ1) is 39.9. The van der Waals surface area contributed by atoms with Crippen molar-refractivity contribution in [2.45, 2.75) is 84.2 Å². The van der Waals surface area contributed by atoms with E-state index in [9.17, 15) is 60.3 Å². The molecule has 0 spiro atoms. The van der Waals surface area contributed by atoms with Gasteiger partial charge in [-0.25, -0.2) is 36.0 Å². The van der Waals surface area contributed by atoms with Gasteiger partial charge in [-0.1, -0.05) is 24.3 Å². The number of carboxylic acids is 1. The SMILES string of the molecule is CC1(C)SCN(S(=O)(=O)c2cccnc2)[C@@H]1C(=O)N[C@@H](Cc1ccc(OC(=O)N2CCN(C(=O)COC(=O)N3CCN(C(=O)Oc4ccc(C[C@H](NC(=O)[C@H]5N(S(=O)(=O)c6cccnc6)CSC5(C)C)C(=O)O)cc4)CC3)CC2)cc1)OC=O. The number of carbonyl (C=O) groups excluding carboxylic acids is 7. The fourth-order valence-electron chi connectivity index (χ4n) is 9.61. The number of aromatic nitrogens is 2. The molecule has 6 heterocycles. The largest absolute Gasteiger partial charge is 0.480 e. The van der Waals surface area contributed by atoms with Crippen LogP contribution in [0.25, 0.3) is 0 Å². The summed E-state index contributed by atoms with van der Waals surface area (Å²) in [6.45, 7) is 7.33. The zero-order valence-electron chi connectivity index (χ0n) is 46.0. The van der Waals surface area contributed by atoms with Gasteiger partial charge in [0.15, 0.2) is 12.8 Å². The van der Waals surface area contributed by atoms with E-state index in [4.69, 9.17) is 18.9 Å². The van der Waals surface area contributed by atoms with Crippen molar-refractivity contribution in [1.82, 2.24) is 48.8 Å². The highest BCUT2D eigenvalue weighted by molar-refractivity contribution is 8.02. The molecule has 4 fully saturated rings. The number of nitrogens with one attached hydrogen (secondary N) is 2. The molecule has 0 bridgehead atoms. The molecule has 31 heteroatoms. The third-order valence-electron chi connectivity index (χ3n) is 14.3. The van der Waals surface area contributed by atoms with E-state index in [1.165, 1.54) is 129 Å². The lowest BCUT2D eigenvalue weighted by molar-refractivity contribution is -0.142. The van der Waals surface area contributed by atoms with E-state index in [1.54, 1.807) is 39.8 Å². The Hall–Kier alpha value is -7.58. The summed E-state index contributed by atoms with van der Waals surface area (Å²) in [4.78, 5) is 117. The Balaban J connectivity index is 0.727. The number of nitrogens with zero attached hydrogens (tertiary/aromatic N) is 8. The first-order valence-corrected chi connectivity index (χ1v) is 31.1. The van der Waals surface area contributed by atoms with E-state index < -0.39 is 102 Å². The molecule has 2 aromatic heterocycles. The van der Waals surface area contributed by atoms with Crippen molar-refractivity contribution in [2.75, 3.05) is 70.7 Å². The van der Waals surface area contributed by atoms with Crippen molar-refractivity contribution in [1.29, 1.82) is 0 Å². The molecule has 4 aliphatic heterocycles. The summed E-state index contributed by atoms with van der Waals surface area (Å²) < 4.78 is 76.1. The van der Waals surface area contributed by atoms with Crippen molar-refractivity contribution in [3.63, 3.8) is 0 Å². The second-order valence-electron chi connectivity index (χ2n) is 20.7. The van der Waals surface area contributed by atoms with Crippen LogP contribution in [0.2, 0.25) is 0 Å². The predicted molar refractivity (Wildman–Crippen MR) is 301 cm³/mol. The van der Waals surface area contributed by atoms with E-state index in [0.717, 1.165) is 8.61 Å². The van der Waals surface area contributed by atoms with Gasteiger partial charge in [0.25, 0.3) is 12.4 Å². The van der Waals surface area contributed by atoms with Gasteiger partial charge < -0.3 is 54.3 Å². The van der Waals surface area contributed by atoms with Crippen LogP contribution in [-0.4, -0.2) is 213 Å². The number of thioether (sulfide) groups is 2. The number of amides is 6. The maximum atomic E-state index is 13.7. The number of aliphatic carboxylic acids is 1. The van der Waals surface area contributed by atoms with Gasteiger partial charge in [-0.3, -0.25) is 29.1 Å². The Morgan fingerprint density at radius 3 is 1.45 bits per heavy atom. The minimum absolute atomic E-state index is 0.00319. The van der Waals surface area contributed by atoms with Gasteiger partial charge in [0, 0.05) is 99.5 Å². The molecule has 450 valence electrons. The molecule has 0 aliphatic carbocycles. The maximum absolute atomic E-state index is 13.7. The van der Waals surface area contributed by atoms with Crippen molar-refractivity contribution < 1.29 is 79.2 Å². The fourth-order valence-corrected chi connectivity index (χ4v) is 15.9. The molecule has 4 saturated heterocycles. The van der Waals surface area contributed by atoms with E-state index in [0.29, 0.717) is 11.1 Å². The zero-order chi connectivity index (χ0) is 60.6. The van der Waals surface area contributed by atoms with Crippen LogP contribution in [0.4, 0.5) is 14.4 Å². The highest BCUT2D eigenvalue weighted by atomic mass is 32.2. The molecule has 0 unspecified atom stereocenters. The van der Waals surface area contributed by atoms with Gasteiger partial charge in [0.1, 0.15) is 39.4 Å². The van der Waals surface area contributed by atoms with E-state index in [1.807, 2.05) is 0 Å². The number of carboxylic acid groups (broad SMARTS) is 1. The maximum Gasteiger partial charge on any atom is 0.415 e. The molecule has 4 atom stereocenters. The van der Waals surface area contributed by atoms with E-state index in [-0.39, 0.29) is 105 Å². The zero-order valence-corrected chi connectivity index (χ0v) is 49.3. The third-order valence-corrected chi connectivity index (χ3v) is 20.9. The Kier molecular flexibility index (Phi) is 19.7. The van der Waals surface area contributed by atoms with Crippen molar-refractivity contribution in [3.8, 4) is 11.5 Å². The van der Waals surface area contributed by atoms with Crippen LogP contribution in [-0.2, 0) is 66.3 Å². The summed E-state index contributed by atoms with van der Waals surface area (Å²) in [5, 5.41) is 15.2. The molecule has 0 saturated carbocycles. The topological polar surface area (TPSA) is 331 Å². The average Bonchev–Trinajstić information content (AvgIpc) is 1.84. The molecule has 4 aliphatic rings. The molecule has 6 amide bonds. The summed E-state index contributed by atoms with van der Waals surface area (Å²) in [6.07, 6.45) is 1.74. The summed E-state index contributed by atoms with van der Waals surface area (Å²) in [5.41, 5.74) is 1.05. The van der Waals surface area contributed by atoms with Gasteiger partial charge >= 0.3 is 24.2 Å². The normalized spacial score (nSPS) is 19.8. The highest BCUT2D eigenvalue weighted by Gasteiger charge is 2.53. The smallest absolute Gasteiger partial charge is 0.415 e. The molecular weight excluding hydrogens is 1180 g/mol. The second-order valence-corrected chi connectivity index (χ2v) is 27.7. The first-order valence-electron chi connectivity index (χ1n) is 26.2. The van der Waals surface area contributed by atoms with Crippen LogP contribution in [0, 0.1) is 0 Å². The van der Waals surface area contributed by atoms with Crippen LogP contribution < -0.4 is 20.1 Å². The number of benzene rings is 2. The monoisotopic (exact) mass is 1240 g/mol. The lowest BCUT2D eigenvalue weighted by Crippen LogP contribution is -2.56. The van der Waals surface area contributed by atoms with Crippen molar-refractivity contribution in [2.24, 2.45) is 0 Å². The van der Waals surface area contributed by atoms with Gasteiger partial charge in [0.2, 0.25) is 31.9 Å². The fraction of sp³-hybridized carbons (Fsp3) is 0.434. The molecule has 0 radical (unpaired) electrons. The molecule has 8 rings (SSSR count). The summed E-state index contributed by atoms with van der Waals surface area (Å²) in [5.74, 6) is -2.97. The number of carbonyl (C=O) groups is 8. The molecule has 3 N–H and O–H groups in total. The number of pyridine rings is 2. The molecular formula is C53H62N10O17S4. The predicted octanol–water partition coefficient (Wildman–Crippen LogP) is 2.43. The van der Waals surface area contributed by atoms with Gasteiger partial charge in [-0.05, 0) is 87.4 Å². The Morgan fingerprint density at radius 2 is 1.04 bits per heavy atom. The first kappa shape index (κ1) is 62.5. The highest BCUT2D eigenvalue weighted by Crippen LogP contribution is 2.43. The summed E-state index contributed by atoms with van der Waals surface area (Å²) in [6, 6.07) is 14.1.